The van der Waals surface area contributed by atoms with Crippen molar-refractivity contribution in [2.75, 3.05) is 0 Å². The van der Waals surface area contributed by atoms with E-state index in [1.54, 1.807) is 0 Å². The highest BCUT2D eigenvalue weighted by atomic mass is 19.4. The molecule has 0 unspecified atom stereocenters. The Morgan fingerprint density at radius 2 is 1.82 bits per heavy atom. The van der Waals surface area contributed by atoms with E-state index in [1.165, 1.54) is 0 Å². The second-order valence-corrected chi connectivity index (χ2v) is 1.94. The van der Waals surface area contributed by atoms with Crippen molar-refractivity contribution in [3.8, 4) is 0 Å². The molecule has 0 amide bonds. The molecule has 0 aliphatic heterocycles. The Bertz CT molecular complexity index is 251. The van der Waals surface area contributed by atoms with Gasteiger partial charge in [0.15, 0.2) is 0 Å². The van der Waals surface area contributed by atoms with E-state index in [0.29, 0.717) is 12.1 Å². The van der Waals surface area contributed by atoms with E-state index in [4.69, 9.17) is 0 Å². The van der Waals surface area contributed by atoms with Gasteiger partial charge in [-0.25, -0.2) is 4.39 Å². The zero-order valence-electron chi connectivity index (χ0n) is 5.24. The van der Waals surface area contributed by atoms with Crippen LogP contribution in [0.1, 0.15) is 5.56 Å². The van der Waals surface area contributed by atoms with Crippen LogP contribution in [0.3, 0.4) is 0 Å². The maximum atomic E-state index is 12.2. The third-order valence-electron chi connectivity index (χ3n) is 1.08. The van der Waals surface area contributed by atoms with Crippen molar-refractivity contribution in [1.82, 2.24) is 0 Å². The first-order valence-corrected chi connectivity index (χ1v) is 2.74. The fourth-order valence-electron chi connectivity index (χ4n) is 0.607. The Balaban J connectivity index is 3.06. The summed E-state index contributed by atoms with van der Waals surface area (Å²) in [5.74, 6) is -0.931. The summed E-state index contributed by atoms with van der Waals surface area (Å²) in [5, 5.41) is 0. The molecule has 0 N–H and O–H groups in total. The molecule has 0 heterocycles. The van der Waals surface area contributed by atoms with Crippen molar-refractivity contribution in [3.63, 3.8) is 0 Å². The normalized spacial score (nSPS) is 11.6. The van der Waals surface area contributed by atoms with Gasteiger partial charge in [0.1, 0.15) is 5.82 Å². The minimum absolute atomic E-state index is 0.427. The number of alkyl halides is 3. The van der Waals surface area contributed by atoms with E-state index in [-0.39, 0.29) is 0 Å². The van der Waals surface area contributed by atoms with Gasteiger partial charge < -0.3 is 0 Å². The van der Waals surface area contributed by atoms with Crippen LogP contribution < -0.4 is 0 Å². The van der Waals surface area contributed by atoms with Gasteiger partial charge >= 0.3 is 6.18 Å². The number of rotatable bonds is 0. The van der Waals surface area contributed by atoms with Gasteiger partial charge in [0.05, 0.1) is 5.56 Å². The zero-order chi connectivity index (χ0) is 8.48. The van der Waals surface area contributed by atoms with Crippen molar-refractivity contribution >= 4 is 0 Å². The van der Waals surface area contributed by atoms with Gasteiger partial charge in [-0.2, -0.15) is 13.2 Å². The third kappa shape index (κ3) is 1.93. The molecule has 11 heavy (non-hydrogen) atoms. The van der Waals surface area contributed by atoms with E-state index >= 15 is 0 Å². The van der Waals surface area contributed by atoms with Crippen LogP contribution in [0, 0.1) is 11.9 Å². The Kier molecular flexibility index (Phi) is 1.85. The van der Waals surface area contributed by atoms with Crippen LogP contribution in [-0.4, -0.2) is 0 Å². The highest BCUT2D eigenvalue weighted by molar-refractivity contribution is 5.18. The molecule has 0 aromatic heterocycles. The molecular formula is C7H3F4. The van der Waals surface area contributed by atoms with Gasteiger partial charge in [0.25, 0.3) is 0 Å². The minimum atomic E-state index is -4.49. The fourth-order valence-corrected chi connectivity index (χ4v) is 0.607. The Morgan fingerprint density at radius 3 is 2.18 bits per heavy atom. The first-order chi connectivity index (χ1) is 5.00. The smallest absolute Gasteiger partial charge is 0.207 e. The van der Waals surface area contributed by atoms with Gasteiger partial charge in [-0.3, -0.25) is 0 Å². The molecule has 0 aliphatic rings. The first-order valence-electron chi connectivity index (χ1n) is 2.74. The Labute approximate surface area is 60.5 Å². The highest BCUT2D eigenvalue weighted by Gasteiger charge is 2.30. The van der Waals surface area contributed by atoms with Crippen LogP contribution in [0.15, 0.2) is 18.2 Å². The van der Waals surface area contributed by atoms with Crippen LogP contribution in [-0.2, 0) is 6.18 Å². The van der Waals surface area contributed by atoms with Crippen molar-refractivity contribution in [1.29, 1.82) is 0 Å². The average molecular weight is 163 g/mol. The van der Waals surface area contributed by atoms with Crippen molar-refractivity contribution in [2.24, 2.45) is 0 Å². The van der Waals surface area contributed by atoms with Crippen molar-refractivity contribution in [3.05, 3.63) is 35.6 Å². The molecule has 4 heteroatoms. The lowest BCUT2D eigenvalue weighted by atomic mass is 10.2. The fraction of sp³-hybridized carbons (Fsp3) is 0.143. The molecule has 0 bridgehead atoms. The van der Waals surface area contributed by atoms with E-state index in [1.807, 2.05) is 6.07 Å². The number of hydrogen-bond acceptors (Lipinski definition) is 0. The molecule has 0 atom stereocenters. The van der Waals surface area contributed by atoms with E-state index < -0.39 is 17.6 Å². The summed E-state index contributed by atoms with van der Waals surface area (Å²) < 4.78 is 47.5. The maximum Gasteiger partial charge on any atom is 0.416 e. The molecule has 0 saturated heterocycles. The Hall–Kier alpha value is -1.06. The lowest BCUT2D eigenvalue weighted by Crippen LogP contribution is -2.04. The SMILES string of the molecule is Fc1c[c]cc(C(F)(F)F)c1. The van der Waals surface area contributed by atoms with Crippen LogP contribution >= 0.6 is 0 Å². The summed E-state index contributed by atoms with van der Waals surface area (Å²) in [6.45, 7) is 0. The lowest BCUT2D eigenvalue weighted by Gasteiger charge is -2.04. The summed E-state index contributed by atoms with van der Waals surface area (Å²) >= 11 is 0. The van der Waals surface area contributed by atoms with Crippen molar-refractivity contribution in [2.45, 2.75) is 6.18 Å². The zero-order valence-corrected chi connectivity index (χ0v) is 5.24. The topological polar surface area (TPSA) is 0 Å². The second kappa shape index (κ2) is 2.53. The summed E-state index contributed by atoms with van der Waals surface area (Å²) in [6, 6.07) is 4.01. The van der Waals surface area contributed by atoms with Crippen LogP contribution in [0.25, 0.3) is 0 Å². The molecule has 59 valence electrons. The molecule has 0 fully saturated rings. The van der Waals surface area contributed by atoms with Gasteiger partial charge in [-0.1, -0.05) is 0 Å². The number of benzene rings is 1. The van der Waals surface area contributed by atoms with Gasteiger partial charge in [-0.15, -0.1) is 0 Å². The Morgan fingerprint density at radius 1 is 1.18 bits per heavy atom. The standard InChI is InChI=1S/C7H3F4/c8-6-3-1-2-5(4-6)7(9,10)11/h2-4H. The molecule has 1 aromatic rings. The van der Waals surface area contributed by atoms with E-state index in [9.17, 15) is 17.6 Å². The number of halogens is 4. The van der Waals surface area contributed by atoms with Crippen molar-refractivity contribution < 1.29 is 17.6 Å². The first kappa shape index (κ1) is 8.04. The lowest BCUT2D eigenvalue weighted by molar-refractivity contribution is -0.137. The maximum absolute atomic E-state index is 12.2. The predicted octanol–water partition coefficient (Wildman–Crippen LogP) is 2.64. The quantitative estimate of drug-likeness (QED) is 0.515. The van der Waals surface area contributed by atoms with Gasteiger partial charge in [0, 0.05) is 0 Å². The van der Waals surface area contributed by atoms with Crippen LogP contribution in [0.5, 0.6) is 0 Å². The summed E-state index contributed by atoms with van der Waals surface area (Å²) in [7, 11) is 0. The second-order valence-electron chi connectivity index (χ2n) is 1.94. The van der Waals surface area contributed by atoms with E-state index in [2.05, 4.69) is 0 Å². The molecule has 0 nitrogen and oxygen atoms in total. The third-order valence-corrected chi connectivity index (χ3v) is 1.08. The van der Waals surface area contributed by atoms with Gasteiger partial charge in [-0.05, 0) is 24.3 Å². The largest absolute Gasteiger partial charge is 0.416 e. The van der Waals surface area contributed by atoms with E-state index in [0.717, 1.165) is 6.07 Å². The highest BCUT2D eigenvalue weighted by Crippen LogP contribution is 2.28. The minimum Gasteiger partial charge on any atom is -0.207 e. The monoisotopic (exact) mass is 163 g/mol. The summed E-state index contributed by atoms with van der Waals surface area (Å²) in [6.07, 6.45) is -4.49. The van der Waals surface area contributed by atoms with Crippen LogP contribution in [0.2, 0.25) is 0 Å². The summed E-state index contributed by atoms with van der Waals surface area (Å²) in [4.78, 5) is 0. The number of hydrogen-bond donors (Lipinski definition) is 0. The molecule has 0 aliphatic carbocycles. The van der Waals surface area contributed by atoms with Gasteiger partial charge in [0.2, 0.25) is 0 Å². The molecule has 0 spiro atoms. The molecule has 1 aromatic carbocycles. The summed E-state index contributed by atoms with van der Waals surface area (Å²) in [5.41, 5.74) is -1.02. The molecule has 0 saturated carbocycles. The molecule has 1 rings (SSSR count). The van der Waals surface area contributed by atoms with Crippen LogP contribution in [0.4, 0.5) is 17.6 Å². The average Bonchev–Trinajstić information content (AvgIpc) is 1.86. The molecular weight excluding hydrogens is 160 g/mol. The molecule has 1 radical (unpaired) electrons. The predicted molar refractivity (Wildman–Crippen MR) is 30.2 cm³/mol.